The first kappa shape index (κ1) is 13.7. The van der Waals surface area contributed by atoms with Crippen LogP contribution in [0.2, 0.25) is 0 Å². The van der Waals surface area contributed by atoms with Gasteiger partial charge in [0.25, 0.3) is 0 Å². The lowest BCUT2D eigenvalue weighted by atomic mass is 10.0. The molecule has 108 valence electrons. The molecule has 0 aliphatic heterocycles. The third-order valence-corrected chi connectivity index (χ3v) is 3.42. The van der Waals surface area contributed by atoms with Crippen LogP contribution in [0.4, 0.5) is 4.39 Å². The monoisotopic (exact) mass is 285 g/mol. The van der Waals surface area contributed by atoms with Gasteiger partial charge in [-0.15, -0.1) is 0 Å². The van der Waals surface area contributed by atoms with Crippen LogP contribution in [0, 0.1) is 5.82 Å². The zero-order valence-electron chi connectivity index (χ0n) is 11.6. The number of aryl methyl sites for hydroxylation is 1. The average Bonchev–Trinajstić information content (AvgIpc) is 2.97. The molecule has 4 nitrogen and oxygen atoms in total. The largest absolute Gasteiger partial charge is 0.339 e. The number of hydrogen-bond donors (Lipinski definition) is 1. The molecular formula is C16H16FN3O. The summed E-state index contributed by atoms with van der Waals surface area (Å²) in [6.45, 7) is 0.656. The Morgan fingerprint density at radius 2 is 1.86 bits per heavy atom. The molecule has 0 unspecified atom stereocenters. The van der Waals surface area contributed by atoms with Crippen molar-refractivity contribution >= 4 is 10.8 Å². The third-order valence-electron chi connectivity index (χ3n) is 3.42. The molecule has 0 aliphatic carbocycles. The van der Waals surface area contributed by atoms with Gasteiger partial charge in [0, 0.05) is 17.4 Å². The Hall–Kier alpha value is -2.27. The van der Waals surface area contributed by atoms with E-state index in [9.17, 15) is 4.39 Å². The van der Waals surface area contributed by atoms with Crippen LogP contribution < -0.4 is 5.73 Å². The number of hydrogen-bond acceptors (Lipinski definition) is 4. The van der Waals surface area contributed by atoms with Crippen molar-refractivity contribution in [1.82, 2.24) is 10.1 Å². The Labute approximate surface area is 121 Å². The predicted molar refractivity (Wildman–Crippen MR) is 79.2 cm³/mol. The molecular weight excluding hydrogens is 269 g/mol. The average molecular weight is 285 g/mol. The van der Waals surface area contributed by atoms with E-state index in [0.29, 0.717) is 30.1 Å². The van der Waals surface area contributed by atoms with Gasteiger partial charge in [0.1, 0.15) is 5.82 Å². The fourth-order valence-electron chi connectivity index (χ4n) is 2.34. The van der Waals surface area contributed by atoms with Gasteiger partial charge in [-0.05, 0) is 36.9 Å². The molecule has 0 saturated heterocycles. The molecule has 0 saturated carbocycles. The normalized spacial score (nSPS) is 11.1. The van der Waals surface area contributed by atoms with Gasteiger partial charge in [0.05, 0.1) is 0 Å². The summed E-state index contributed by atoms with van der Waals surface area (Å²) in [6, 6.07) is 10.4. The first-order valence-electron chi connectivity index (χ1n) is 7.00. The fraction of sp³-hybridized carbons (Fsp3) is 0.250. The second kappa shape index (κ2) is 6.01. The van der Waals surface area contributed by atoms with Crippen LogP contribution in [0.3, 0.4) is 0 Å². The third kappa shape index (κ3) is 2.78. The van der Waals surface area contributed by atoms with Crippen LogP contribution in [0.15, 0.2) is 40.9 Å². The zero-order chi connectivity index (χ0) is 14.7. The highest BCUT2D eigenvalue weighted by Crippen LogP contribution is 2.28. The second-order valence-electron chi connectivity index (χ2n) is 4.90. The molecule has 1 heterocycles. The second-order valence-corrected chi connectivity index (χ2v) is 4.90. The highest BCUT2D eigenvalue weighted by Gasteiger charge is 2.13. The summed E-state index contributed by atoms with van der Waals surface area (Å²) in [5.74, 6) is 0.835. The maximum atomic E-state index is 13.8. The number of halogens is 1. The van der Waals surface area contributed by atoms with Crippen molar-refractivity contribution in [2.24, 2.45) is 5.73 Å². The first-order chi connectivity index (χ1) is 10.3. The minimum absolute atomic E-state index is 0.249. The summed E-state index contributed by atoms with van der Waals surface area (Å²) in [6.07, 6.45) is 2.56. The maximum absolute atomic E-state index is 13.8. The molecule has 0 spiro atoms. The van der Waals surface area contributed by atoms with Gasteiger partial charge in [-0.2, -0.15) is 4.98 Å². The molecule has 21 heavy (non-hydrogen) atoms. The van der Waals surface area contributed by atoms with Crippen molar-refractivity contribution in [2.45, 2.75) is 19.3 Å². The summed E-state index contributed by atoms with van der Waals surface area (Å²) in [5, 5.41) is 5.35. The molecule has 2 aromatic carbocycles. The van der Waals surface area contributed by atoms with Gasteiger partial charge >= 0.3 is 0 Å². The fourth-order valence-corrected chi connectivity index (χ4v) is 2.34. The number of aromatic nitrogens is 2. The summed E-state index contributed by atoms with van der Waals surface area (Å²) in [4.78, 5) is 4.39. The maximum Gasteiger partial charge on any atom is 0.226 e. The van der Waals surface area contributed by atoms with E-state index in [1.165, 1.54) is 6.07 Å². The summed E-state index contributed by atoms with van der Waals surface area (Å²) in [7, 11) is 0. The number of nitrogens with zero attached hydrogens (tertiary/aromatic N) is 2. The predicted octanol–water partition coefficient (Wildman–Crippen LogP) is 3.31. The van der Waals surface area contributed by atoms with Gasteiger partial charge in [0.2, 0.25) is 11.7 Å². The van der Waals surface area contributed by atoms with E-state index in [2.05, 4.69) is 10.1 Å². The van der Waals surface area contributed by atoms with Crippen LogP contribution >= 0.6 is 0 Å². The number of fused-ring (bicyclic) bond motifs is 1. The van der Waals surface area contributed by atoms with Gasteiger partial charge in [-0.25, -0.2) is 4.39 Å². The van der Waals surface area contributed by atoms with Crippen molar-refractivity contribution in [3.63, 3.8) is 0 Å². The molecule has 0 atom stereocenters. The van der Waals surface area contributed by atoms with Crippen molar-refractivity contribution in [3.05, 3.63) is 48.1 Å². The minimum Gasteiger partial charge on any atom is -0.339 e. The number of rotatable bonds is 5. The lowest BCUT2D eigenvalue weighted by Gasteiger charge is -2.03. The van der Waals surface area contributed by atoms with Crippen molar-refractivity contribution in [2.75, 3.05) is 6.54 Å². The Morgan fingerprint density at radius 1 is 1.05 bits per heavy atom. The smallest absolute Gasteiger partial charge is 0.226 e. The van der Waals surface area contributed by atoms with Crippen LogP contribution in [-0.4, -0.2) is 16.7 Å². The number of benzene rings is 2. The van der Waals surface area contributed by atoms with E-state index in [1.807, 2.05) is 18.2 Å². The van der Waals surface area contributed by atoms with Gasteiger partial charge in [-0.3, -0.25) is 0 Å². The minimum atomic E-state index is -0.249. The quantitative estimate of drug-likeness (QED) is 0.730. The Morgan fingerprint density at radius 3 is 2.67 bits per heavy atom. The number of unbranched alkanes of at least 4 members (excludes halogenated alkanes) is 1. The Kier molecular flexibility index (Phi) is 3.92. The highest BCUT2D eigenvalue weighted by atomic mass is 19.1. The van der Waals surface area contributed by atoms with Crippen molar-refractivity contribution in [1.29, 1.82) is 0 Å². The number of nitrogens with two attached hydrogens (primary N) is 1. The molecule has 3 aromatic rings. The van der Waals surface area contributed by atoms with E-state index in [1.54, 1.807) is 12.1 Å². The van der Waals surface area contributed by atoms with Gasteiger partial charge in [-0.1, -0.05) is 29.4 Å². The zero-order valence-corrected chi connectivity index (χ0v) is 11.6. The van der Waals surface area contributed by atoms with E-state index in [0.717, 1.165) is 23.8 Å². The SMILES string of the molecule is NCCCCc1nc(-c2ccc(F)c3ccccc23)no1. The topological polar surface area (TPSA) is 64.9 Å². The van der Waals surface area contributed by atoms with E-state index < -0.39 is 0 Å². The van der Waals surface area contributed by atoms with Crippen LogP contribution in [-0.2, 0) is 6.42 Å². The van der Waals surface area contributed by atoms with Crippen LogP contribution in [0.1, 0.15) is 18.7 Å². The summed E-state index contributed by atoms with van der Waals surface area (Å²) < 4.78 is 19.1. The molecule has 0 aliphatic rings. The Bertz CT molecular complexity index is 754. The lowest BCUT2D eigenvalue weighted by molar-refractivity contribution is 0.375. The lowest BCUT2D eigenvalue weighted by Crippen LogP contribution is -1.99. The van der Waals surface area contributed by atoms with Crippen molar-refractivity contribution in [3.8, 4) is 11.4 Å². The summed E-state index contributed by atoms with van der Waals surface area (Å²) in [5.41, 5.74) is 6.24. The van der Waals surface area contributed by atoms with Gasteiger partial charge in [0.15, 0.2) is 0 Å². The molecule has 3 rings (SSSR count). The molecule has 0 bridgehead atoms. The van der Waals surface area contributed by atoms with Crippen LogP contribution in [0.25, 0.3) is 22.2 Å². The van der Waals surface area contributed by atoms with Crippen LogP contribution in [0.5, 0.6) is 0 Å². The standard InChI is InChI=1S/C16H16FN3O/c17-14-9-8-13(11-5-1-2-6-12(11)14)16-19-15(21-20-16)7-3-4-10-18/h1-2,5-6,8-9H,3-4,7,10,18H2. The Balaban J connectivity index is 1.96. The molecule has 0 fully saturated rings. The molecule has 5 heteroatoms. The molecule has 0 amide bonds. The van der Waals surface area contributed by atoms with Gasteiger partial charge < -0.3 is 10.3 Å². The van der Waals surface area contributed by atoms with E-state index in [4.69, 9.17) is 10.3 Å². The van der Waals surface area contributed by atoms with E-state index in [-0.39, 0.29) is 5.82 Å². The molecule has 2 N–H and O–H groups in total. The summed E-state index contributed by atoms with van der Waals surface area (Å²) >= 11 is 0. The first-order valence-corrected chi connectivity index (χ1v) is 7.00. The van der Waals surface area contributed by atoms with Crippen molar-refractivity contribution < 1.29 is 8.91 Å². The molecule has 0 radical (unpaired) electrons. The van der Waals surface area contributed by atoms with E-state index >= 15 is 0 Å². The molecule has 1 aromatic heterocycles. The highest BCUT2D eigenvalue weighted by molar-refractivity contribution is 5.95.